The van der Waals surface area contributed by atoms with Crippen LogP contribution in [0.1, 0.15) is 26.2 Å². The number of carbonyl (C=O) groups excluding carboxylic acids is 1. The number of amides is 1. The summed E-state index contributed by atoms with van der Waals surface area (Å²) in [5, 5.41) is 0. The largest absolute Gasteiger partial charge is 0.373 e. The molecule has 0 N–H and O–H groups in total. The molecule has 1 aromatic rings. The van der Waals surface area contributed by atoms with Crippen molar-refractivity contribution in [2.75, 3.05) is 34.9 Å². The SMILES string of the molecule is CC1CCN(C)c2ccccc2N1C(=O)CC1CCS(=O)(=O)C1. The van der Waals surface area contributed by atoms with Crippen molar-refractivity contribution in [2.45, 2.75) is 32.2 Å². The zero-order valence-corrected chi connectivity index (χ0v) is 14.6. The van der Waals surface area contributed by atoms with Gasteiger partial charge in [-0.1, -0.05) is 12.1 Å². The van der Waals surface area contributed by atoms with Crippen LogP contribution in [0.25, 0.3) is 0 Å². The van der Waals surface area contributed by atoms with Crippen LogP contribution in [0.5, 0.6) is 0 Å². The Kier molecular flexibility index (Phi) is 4.36. The second kappa shape index (κ2) is 6.15. The van der Waals surface area contributed by atoms with E-state index in [9.17, 15) is 13.2 Å². The normalized spacial score (nSPS) is 26.7. The third-order valence-corrected chi connectivity index (χ3v) is 6.77. The minimum absolute atomic E-state index is 0.0344. The van der Waals surface area contributed by atoms with Gasteiger partial charge in [-0.15, -0.1) is 0 Å². The average molecular weight is 336 g/mol. The predicted molar refractivity (Wildman–Crippen MR) is 92.7 cm³/mol. The Labute approximate surface area is 138 Å². The van der Waals surface area contributed by atoms with Crippen molar-refractivity contribution in [1.82, 2.24) is 0 Å². The monoisotopic (exact) mass is 336 g/mol. The van der Waals surface area contributed by atoms with Gasteiger partial charge in [-0.25, -0.2) is 8.42 Å². The molecule has 126 valence electrons. The Bertz CT molecular complexity index is 702. The molecule has 3 rings (SSSR count). The Morgan fingerprint density at radius 2 is 1.91 bits per heavy atom. The molecule has 2 unspecified atom stereocenters. The summed E-state index contributed by atoms with van der Waals surface area (Å²) >= 11 is 0. The van der Waals surface area contributed by atoms with Crippen molar-refractivity contribution < 1.29 is 13.2 Å². The van der Waals surface area contributed by atoms with Crippen molar-refractivity contribution in [1.29, 1.82) is 0 Å². The van der Waals surface area contributed by atoms with E-state index in [1.165, 1.54) is 0 Å². The molecule has 23 heavy (non-hydrogen) atoms. The molecular formula is C17H24N2O3S. The van der Waals surface area contributed by atoms with Crippen LogP contribution >= 0.6 is 0 Å². The fourth-order valence-electron chi connectivity index (χ4n) is 3.62. The Morgan fingerprint density at radius 3 is 2.57 bits per heavy atom. The first kappa shape index (κ1) is 16.3. The van der Waals surface area contributed by atoms with Crippen LogP contribution in [0, 0.1) is 5.92 Å². The third kappa shape index (κ3) is 3.37. The lowest BCUT2D eigenvalue weighted by Gasteiger charge is -2.29. The maximum atomic E-state index is 12.9. The summed E-state index contributed by atoms with van der Waals surface area (Å²) in [4.78, 5) is 17.0. The van der Waals surface area contributed by atoms with Gasteiger partial charge in [0, 0.05) is 26.1 Å². The number of hydrogen-bond donors (Lipinski definition) is 0. The van der Waals surface area contributed by atoms with Crippen LogP contribution in [0.3, 0.4) is 0 Å². The summed E-state index contributed by atoms with van der Waals surface area (Å²) in [6.45, 7) is 2.97. The molecule has 1 fully saturated rings. The van der Waals surface area contributed by atoms with Crippen LogP contribution in [0.15, 0.2) is 24.3 Å². The average Bonchev–Trinajstić information content (AvgIpc) is 2.77. The zero-order chi connectivity index (χ0) is 16.6. The molecule has 5 nitrogen and oxygen atoms in total. The summed E-state index contributed by atoms with van der Waals surface area (Å²) in [6.07, 6.45) is 1.83. The molecule has 0 bridgehead atoms. The number of sulfone groups is 1. The smallest absolute Gasteiger partial charge is 0.227 e. The molecular weight excluding hydrogens is 312 g/mol. The van der Waals surface area contributed by atoms with Gasteiger partial charge in [-0.05, 0) is 37.8 Å². The second-order valence-electron chi connectivity index (χ2n) is 6.78. The molecule has 2 atom stereocenters. The Balaban J connectivity index is 1.85. The van der Waals surface area contributed by atoms with Gasteiger partial charge in [-0.2, -0.15) is 0 Å². The molecule has 1 amide bonds. The predicted octanol–water partition coefficient (Wildman–Crippen LogP) is 2.07. The van der Waals surface area contributed by atoms with E-state index < -0.39 is 9.84 Å². The summed E-state index contributed by atoms with van der Waals surface area (Å²) in [5.74, 6) is 0.387. The highest BCUT2D eigenvalue weighted by molar-refractivity contribution is 7.91. The number of nitrogens with zero attached hydrogens (tertiary/aromatic N) is 2. The standard InChI is InChI=1S/C17H24N2O3S/c1-13-7-9-18(2)15-5-3-4-6-16(15)19(13)17(20)11-14-8-10-23(21,22)12-14/h3-6,13-14H,7-12H2,1-2H3. The number of hydrogen-bond acceptors (Lipinski definition) is 4. The highest BCUT2D eigenvalue weighted by atomic mass is 32.2. The summed E-state index contributed by atoms with van der Waals surface area (Å²) in [6, 6.07) is 8.07. The lowest BCUT2D eigenvalue weighted by Crippen LogP contribution is -2.39. The lowest BCUT2D eigenvalue weighted by molar-refractivity contribution is -0.119. The van der Waals surface area contributed by atoms with E-state index in [1.54, 1.807) is 0 Å². The van der Waals surface area contributed by atoms with Gasteiger partial charge in [0.25, 0.3) is 0 Å². The first-order valence-corrected chi connectivity index (χ1v) is 10.0. The number of benzene rings is 1. The molecule has 0 aliphatic carbocycles. The van der Waals surface area contributed by atoms with Crippen LogP contribution in [-0.4, -0.2) is 45.5 Å². The van der Waals surface area contributed by atoms with Crippen LogP contribution in [0.2, 0.25) is 0 Å². The highest BCUT2D eigenvalue weighted by Crippen LogP contribution is 2.35. The molecule has 2 heterocycles. The van der Waals surface area contributed by atoms with Gasteiger partial charge in [0.2, 0.25) is 5.91 Å². The lowest BCUT2D eigenvalue weighted by atomic mass is 10.0. The number of anilines is 2. The van der Waals surface area contributed by atoms with Gasteiger partial charge in [0.1, 0.15) is 0 Å². The van der Waals surface area contributed by atoms with E-state index in [-0.39, 0.29) is 29.4 Å². The molecule has 0 saturated carbocycles. The van der Waals surface area contributed by atoms with E-state index >= 15 is 0 Å². The summed E-state index contributed by atoms with van der Waals surface area (Å²) in [5.41, 5.74) is 2.00. The first-order chi connectivity index (χ1) is 10.9. The number of fused-ring (bicyclic) bond motifs is 1. The molecule has 2 aliphatic rings. The summed E-state index contributed by atoms with van der Waals surface area (Å²) in [7, 11) is -0.896. The van der Waals surface area contributed by atoms with Crippen molar-refractivity contribution >= 4 is 27.1 Å². The van der Waals surface area contributed by atoms with Crippen LogP contribution < -0.4 is 9.80 Å². The zero-order valence-electron chi connectivity index (χ0n) is 13.7. The van der Waals surface area contributed by atoms with Crippen molar-refractivity contribution in [3.05, 3.63) is 24.3 Å². The van der Waals surface area contributed by atoms with Crippen molar-refractivity contribution in [3.8, 4) is 0 Å². The maximum Gasteiger partial charge on any atom is 0.227 e. The van der Waals surface area contributed by atoms with E-state index in [0.29, 0.717) is 12.8 Å². The molecule has 1 saturated heterocycles. The number of carbonyl (C=O) groups is 1. The highest BCUT2D eigenvalue weighted by Gasteiger charge is 2.33. The summed E-state index contributed by atoms with van der Waals surface area (Å²) < 4.78 is 23.3. The molecule has 1 aromatic carbocycles. The maximum absolute atomic E-state index is 12.9. The van der Waals surface area contributed by atoms with E-state index in [1.807, 2.05) is 36.2 Å². The minimum Gasteiger partial charge on any atom is -0.373 e. The third-order valence-electron chi connectivity index (χ3n) is 4.93. The van der Waals surface area contributed by atoms with E-state index in [0.717, 1.165) is 24.3 Å². The van der Waals surface area contributed by atoms with Crippen molar-refractivity contribution in [3.63, 3.8) is 0 Å². The molecule has 0 spiro atoms. The van der Waals surface area contributed by atoms with E-state index in [4.69, 9.17) is 0 Å². The molecule has 0 radical (unpaired) electrons. The van der Waals surface area contributed by atoms with Gasteiger partial charge in [-0.3, -0.25) is 4.79 Å². The van der Waals surface area contributed by atoms with Gasteiger partial charge in [0.05, 0.1) is 22.9 Å². The molecule has 0 aromatic heterocycles. The van der Waals surface area contributed by atoms with Gasteiger partial charge < -0.3 is 9.80 Å². The van der Waals surface area contributed by atoms with Crippen LogP contribution in [-0.2, 0) is 14.6 Å². The first-order valence-electron chi connectivity index (χ1n) is 8.20. The van der Waals surface area contributed by atoms with Crippen LogP contribution in [0.4, 0.5) is 11.4 Å². The Morgan fingerprint density at radius 1 is 1.22 bits per heavy atom. The second-order valence-corrected chi connectivity index (χ2v) is 9.01. The minimum atomic E-state index is -2.94. The van der Waals surface area contributed by atoms with E-state index in [2.05, 4.69) is 11.8 Å². The number of rotatable bonds is 2. The fraction of sp³-hybridized carbons (Fsp3) is 0.588. The van der Waals surface area contributed by atoms with Gasteiger partial charge in [0.15, 0.2) is 9.84 Å². The molecule has 2 aliphatic heterocycles. The Hall–Kier alpha value is -1.56. The molecule has 6 heteroatoms. The quantitative estimate of drug-likeness (QED) is 0.830. The van der Waals surface area contributed by atoms with Crippen molar-refractivity contribution in [2.24, 2.45) is 5.92 Å². The van der Waals surface area contributed by atoms with Gasteiger partial charge >= 0.3 is 0 Å². The fourth-order valence-corrected chi connectivity index (χ4v) is 5.48. The number of para-hydroxylation sites is 2. The topological polar surface area (TPSA) is 57.7 Å².